The van der Waals surface area contributed by atoms with Crippen LogP contribution in [0.15, 0.2) is 41.6 Å². The largest absolute Gasteiger partial charge is 0.388 e. The summed E-state index contributed by atoms with van der Waals surface area (Å²) in [5, 5.41) is 15.6. The van der Waals surface area contributed by atoms with E-state index in [0.717, 1.165) is 47.4 Å². The summed E-state index contributed by atoms with van der Waals surface area (Å²) in [7, 11) is 1.81. The topological polar surface area (TPSA) is 113 Å². The molecule has 1 saturated heterocycles. The smallest absolute Gasteiger partial charge is 0.352 e. The summed E-state index contributed by atoms with van der Waals surface area (Å²) in [6.45, 7) is 6.98. The molecule has 2 atom stereocenters. The van der Waals surface area contributed by atoms with Crippen molar-refractivity contribution < 1.29 is 4.74 Å². The number of hydrogen-bond acceptors (Lipinski definition) is 8. The highest BCUT2D eigenvalue weighted by Crippen LogP contribution is 2.21. The first-order valence-electron chi connectivity index (χ1n) is 11.4. The number of nitrogens with one attached hydrogen (secondary N) is 2. The molecule has 10 heteroatoms. The van der Waals surface area contributed by atoms with Gasteiger partial charge < -0.3 is 15.5 Å². The molecular formula is C24H28N8O2. The highest BCUT2D eigenvalue weighted by Gasteiger charge is 2.23. The van der Waals surface area contributed by atoms with Gasteiger partial charge in [0, 0.05) is 50.3 Å². The second kappa shape index (κ2) is 8.96. The van der Waals surface area contributed by atoms with Crippen LogP contribution in [0.2, 0.25) is 0 Å². The molecule has 4 aromatic rings. The number of morpholine rings is 1. The van der Waals surface area contributed by atoms with Crippen LogP contribution >= 0.6 is 0 Å². The summed E-state index contributed by atoms with van der Waals surface area (Å²) in [6.07, 6.45) is 4.92. The van der Waals surface area contributed by atoms with Gasteiger partial charge in [-0.15, -0.1) is 0 Å². The fourth-order valence-corrected chi connectivity index (χ4v) is 4.78. The first-order valence-corrected chi connectivity index (χ1v) is 11.4. The highest BCUT2D eigenvalue weighted by molar-refractivity contribution is 5.89. The van der Waals surface area contributed by atoms with Crippen molar-refractivity contribution in [2.24, 2.45) is 0 Å². The molecule has 1 aliphatic rings. The van der Waals surface area contributed by atoms with E-state index in [0.29, 0.717) is 17.8 Å². The van der Waals surface area contributed by atoms with Gasteiger partial charge in [-0.05, 0) is 37.1 Å². The van der Waals surface area contributed by atoms with E-state index in [1.54, 1.807) is 4.57 Å². The molecule has 4 heterocycles. The molecule has 2 N–H and O–H groups in total. The predicted octanol–water partition coefficient (Wildman–Crippen LogP) is 2.14. The minimum absolute atomic E-state index is 0.187. The number of nitrogens with zero attached hydrogens (tertiary/aromatic N) is 6. The van der Waals surface area contributed by atoms with Gasteiger partial charge in [-0.3, -0.25) is 9.47 Å². The van der Waals surface area contributed by atoms with Crippen LogP contribution in [-0.2, 0) is 17.8 Å². The van der Waals surface area contributed by atoms with Crippen molar-refractivity contribution in [1.82, 2.24) is 29.0 Å². The van der Waals surface area contributed by atoms with Crippen LogP contribution < -0.4 is 11.0 Å². The Morgan fingerprint density at radius 1 is 1.12 bits per heavy atom. The Hall–Kier alpha value is -3.63. The maximum absolute atomic E-state index is 13.3. The van der Waals surface area contributed by atoms with Gasteiger partial charge in [0.05, 0.1) is 24.1 Å². The molecule has 1 aromatic carbocycles. The molecule has 0 aliphatic carbocycles. The van der Waals surface area contributed by atoms with E-state index in [1.165, 1.54) is 17.1 Å². The van der Waals surface area contributed by atoms with Gasteiger partial charge in [0.2, 0.25) is 0 Å². The second-order valence-corrected chi connectivity index (χ2v) is 8.85. The SMILES string of the molecule is CNc1cc(Cn2c(=O)n3ncnc3c3cc(CN4CC(C)OC(C)C4)cnc32)ccc1C=N. The van der Waals surface area contributed by atoms with Gasteiger partial charge in [-0.2, -0.15) is 9.61 Å². The summed E-state index contributed by atoms with van der Waals surface area (Å²) in [4.78, 5) is 24.7. The molecule has 1 fully saturated rings. The molecule has 1 aliphatic heterocycles. The van der Waals surface area contributed by atoms with E-state index < -0.39 is 0 Å². The van der Waals surface area contributed by atoms with Gasteiger partial charge in [0.25, 0.3) is 0 Å². The van der Waals surface area contributed by atoms with Crippen molar-refractivity contribution in [2.45, 2.75) is 39.1 Å². The van der Waals surface area contributed by atoms with Crippen LogP contribution in [0, 0.1) is 5.41 Å². The highest BCUT2D eigenvalue weighted by atomic mass is 16.5. The van der Waals surface area contributed by atoms with Gasteiger partial charge in [0.15, 0.2) is 5.65 Å². The third kappa shape index (κ3) is 4.06. The molecule has 0 radical (unpaired) electrons. The van der Waals surface area contributed by atoms with Gasteiger partial charge in [-0.25, -0.2) is 14.8 Å². The Morgan fingerprint density at radius 3 is 2.65 bits per heavy atom. The van der Waals surface area contributed by atoms with E-state index in [9.17, 15) is 4.79 Å². The molecule has 3 aromatic heterocycles. The van der Waals surface area contributed by atoms with Crippen molar-refractivity contribution in [1.29, 1.82) is 5.41 Å². The average molecular weight is 461 g/mol. The third-order valence-electron chi connectivity index (χ3n) is 6.16. The van der Waals surface area contributed by atoms with Crippen molar-refractivity contribution in [2.75, 3.05) is 25.5 Å². The average Bonchev–Trinajstić information content (AvgIpc) is 3.31. The van der Waals surface area contributed by atoms with Gasteiger partial charge >= 0.3 is 5.69 Å². The first-order chi connectivity index (χ1) is 16.5. The fraction of sp³-hybridized carbons (Fsp3) is 0.375. The summed E-state index contributed by atoms with van der Waals surface area (Å²) >= 11 is 0. The quantitative estimate of drug-likeness (QED) is 0.424. The molecule has 34 heavy (non-hydrogen) atoms. The molecule has 10 nitrogen and oxygen atoms in total. The maximum atomic E-state index is 13.3. The van der Waals surface area contributed by atoms with E-state index in [2.05, 4.69) is 40.2 Å². The van der Waals surface area contributed by atoms with Gasteiger partial charge in [0.1, 0.15) is 12.0 Å². The van der Waals surface area contributed by atoms with Crippen LogP contribution in [0.5, 0.6) is 0 Å². The van der Waals surface area contributed by atoms with E-state index in [4.69, 9.17) is 15.1 Å². The number of rotatable bonds is 6. The number of pyridine rings is 1. The van der Waals surface area contributed by atoms with Gasteiger partial charge in [-0.1, -0.05) is 12.1 Å². The third-order valence-corrected chi connectivity index (χ3v) is 6.16. The van der Waals surface area contributed by atoms with E-state index in [1.807, 2.05) is 31.4 Å². The normalized spacial score (nSPS) is 19.0. The lowest BCUT2D eigenvalue weighted by atomic mass is 10.1. The Bertz CT molecular complexity index is 1420. The molecule has 0 bridgehead atoms. The molecule has 176 valence electrons. The van der Waals surface area contributed by atoms with Crippen molar-refractivity contribution in [3.05, 3.63) is 64.0 Å². The van der Waals surface area contributed by atoms with E-state index in [-0.39, 0.29) is 17.9 Å². The summed E-state index contributed by atoms with van der Waals surface area (Å²) in [5.74, 6) is 0. The van der Waals surface area contributed by atoms with Crippen molar-refractivity contribution in [3.8, 4) is 0 Å². The molecule has 0 spiro atoms. The number of fused-ring (bicyclic) bond motifs is 3. The lowest BCUT2D eigenvalue weighted by Crippen LogP contribution is -2.44. The second-order valence-electron chi connectivity index (χ2n) is 8.85. The monoisotopic (exact) mass is 460 g/mol. The number of ether oxygens (including phenoxy) is 1. The molecule has 0 amide bonds. The molecule has 2 unspecified atom stereocenters. The Kier molecular flexibility index (Phi) is 5.84. The van der Waals surface area contributed by atoms with Crippen LogP contribution in [0.3, 0.4) is 0 Å². The summed E-state index contributed by atoms with van der Waals surface area (Å²) in [5.41, 5.74) is 4.36. The van der Waals surface area contributed by atoms with Crippen LogP contribution in [0.25, 0.3) is 16.7 Å². The van der Waals surface area contributed by atoms with Crippen LogP contribution in [0.4, 0.5) is 5.69 Å². The Labute approximate surface area is 196 Å². The summed E-state index contributed by atoms with van der Waals surface area (Å²) in [6, 6.07) is 7.79. The van der Waals surface area contributed by atoms with Crippen LogP contribution in [0.1, 0.15) is 30.5 Å². The maximum Gasteiger partial charge on any atom is 0.352 e. The van der Waals surface area contributed by atoms with E-state index >= 15 is 0 Å². The van der Waals surface area contributed by atoms with Crippen LogP contribution in [-0.4, -0.2) is 67.6 Å². The Balaban J connectivity index is 1.56. The Morgan fingerprint density at radius 2 is 1.91 bits per heavy atom. The standard InChI is InChI=1S/C24H28N8O2/c1-15-10-30(11-16(2)34-15)12-18-6-20-22(27-9-18)31(24(33)32-23(20)28-14-29-32)13-17-4-5-19(8-25)21(7-17)26-3/h4-9,14-16,25-26H,10-13H2,1-3H3. The minimum Gasteiger partial charge on any atom is -0.388 e. The number of anilines is 1. The van der Waals surface area contributed by atoms with Crippen molar-refractivity contribution >= 4 is 28.6 Å². The number of benzene rings is 1. The van der Waals surface area contributed by atoms with Crippen molar-refractivity contribution in [3.63, 3.8) is 0 Å². The zero-order valence-electron chi connectivity index (χ0n) is 19.5. The molecule has 5 rings (SSSR count). The number of aromatic nitrogens is 5. The minimum atomic E-state index is -0.293. The fourth-order valence-electron chi connectivity index (χ4n) is 4.78. The predicted molar refractivity (Wildman–Crippen MR) is 131 cm³/mol. The molecular weight excluding hydrogens is 432 g/mol. The zero-order valence-corrected chi connectivity index (χ0v) is 19.5. The molecule has 0 saturated carbocycles. The lowest BCUT2D eigenvalue weighted by molar-refractivity contribution is -0.0705. The first kappa shape index (κ1) is 22.2. The zero-order chi connectivity index (χ0) is 23.8. The summed E-state index contributed by atoms with van der Waals surface area (Å²) < 4.78 is 8.81. The number of hydrogen-bond donors (Lipinski definition) is 2. The lowest BCUT2D eigenvalue weighted by Gasteiger charge is -2.35.